The Balaban J connectivity index is 1.45. The second-order valence-corrected chi connectivity index (χ2v) is 6.98. The molecule has 5 unspecified atom stereocenters. The second kappa shape index (κ2) is 3.41. The van der Waals surface area contributed by atoms with Gasteiger partial charge in [-0.1, -0.05) is 18.7 Å². The number of amidine groups is 1. The highest BCUT2D eigenvalue weighted by Crippen LogP contribution is 2.67. The van der Waals surface area contributed by atoms with E-state index >= 15 is 0 Å². The van der Waals surface area contributed by atoms with Crippen LogP contribution in [0, 0.1) is 23.7 Å². The van der Waals surface area contributed by atoms with Crippen LogP contribution in [0.25, 0.3) is 0 Å². The number of fused-ring (bicyclic) bond motifs is 5. The Morgan fingerprint density at radius 1 is 1.31 bits per heavy atom. The fourth-order valence-corrected chi connectivity index (χ4v) is 5.44. The van der Waals surface area contributed by atoms with Gasteiger partial charge in [0.15, 0.2) is 5.17 Å². The van der Waals surface area contributed by atoms with Crippen LogP contribution in [0.5, 0.6) is 0 Å². The summed E-state index contributed by atoms with van der Waals surface area (Å²) in [4.78, 5) is 4.98. The van der Waals surface area contributed by atoms with Crippen molar-refractivity contribution in [1.29, 1.82) is 0 Å². The molecule has 1 heterocycles. The van der Waals surface area contributed by atoms with Gasteiger partial charge in [-0.05, 0) is 49.4 Å². The summed E-state index contributed by atoms with van der Waals surface area (Å²) in [6.45, 7) is 2.26. The van der Waals surface area contributed by atoms with Gasteiger partial charge in [0, 0.05) is 11.8 Å². The zero-order valence-electron chi connectivity index (χ0n) is 9.86. The molecule has 0 amide bonds. The van der Waals surface area contributed by atoms with E-state index in [1.165, 1.54) is 36.6 Å². The molecule has 0 aromatic rings. The number of nitrogens with one attached hydrogen (secondary N) is 1. The molecule has 0 aromatic heterocycles. The fourth-order valence-electron chi connectivity index (χ4n) is 4.32. The van der Waals surface area contributed by atoms with Crippen molar-refractivity contribution in [2.24, 2.45) is 28.7 Å². The minimum Gasteiger partial charge on any atom is -0.361 e. The first-order chi connectivity index (χ1) is 7.86. The van der Waals surface area contributed by atoms with Gasteiger partial charge in [-0.2, -0.15) is 0 Å². The molecule has 88 valence electrons. The molecule has 0 radical (unpaired) electrons. The first-order valence-electron chi connectivity index (χ1n) is 6.84. The maximum atomic E-state index is 4.98. The zero-order chi connectivity index (χ0) is 10.7. The van der Waals surface area contributed by atoms with Gasteiger partial charge in [-0.15, -0.1) is 0 Å². The summed E-state index contributed by atoms with van der Waals surface area (Å²) < 4.78 is 0. The molecule has 1 saturated heterocycles. The molecule has 16 heavy (non-hydrogen) atoms. The number of hydrogen-bond donors (Lipinski definition) is 1. The molecule has 0 spiro atoms. The van der Waals surface area contributed by atoms with E-state index < -0.39 is 0 Å². The van der Waals surface area contributed by atoms with Crippen LogP contribution in [0.3, 0.4) is 0 Å². The maximum Gasteiger partial charge on any atom is 0.157 e. The summed E-state index contributed by atoms with van der Waals surface area (Å²) in [6, 6.07) is 1.40. The highest BCUT2D eigenvalue weighted by Gasteiger charge is 2.65. The highest BCUT2D eigenvalue weighted by atomic mass is 32.2. The van der Waals surface area contributed by atoms with Crippen molar-refractivity contribution in [3.8, 4) is 0 Å². The molecule has 3 aliphatic carbocycles. The molecule has 4 rings (SSSR count). The van der Waals surface area contributed by atoms with Crippen LogP contribution in [0.2, 0.25) is 0 Å². The lowest BCUT2D eigenvalue weighted by molar-refractivity contribution is 0.456. The van der Waals surface area contributed by atoms with E-state index in [0.29, 0.717) is 6.04 Å². The third-order valence-corrected chi connectivity index (χ3v) is 6.27. The first-order valence-corrected chi connectivity index (χ1v) is 7.82. The average molecular weight is 236 g/mol. The van der Waals surface area contributed by atoms with E-state index in [4.69, 9.17) is 4.99 Å². The topological polar surface area (TPSA) is 24.4 Å². The van der Waals surface area contributed by atoms with Crippen LogP contribution in [-0.4, -0.2) is 23.0 Å². The van der Waals surface area contributed by atoms with E-state index in [1.54, 1.807) is 0 Å². The Morgan fingerprint density at radius 3 is 2.69 bits per heavy atom. The Bertz CT molecular complexity index is 325. The lowest BCUT2D eigenvalue weighted by Gasteiger charge is -2.07. The number of hydrogen-bond acceptors (Lipinski definition) is 2. The molecule has 1 aliphatic heterocycles. The van der Waals surface area contributed by atoms with Crippen molar-refractivity contribution in [2.75, 3.05) is 5.75 Å². The van der Waals surface area contributed by atoms with Gasteiger partial charge in [0.05, 0.1) is 6.04 Å². The number of nitrogens with zero attached hydrogens (tertiary/aromatic N) is 1. The average Bonchev–Trinajstić information content (AvgIpc) is 2.75. The molecule has 2 nitrogen and oxygen atoms in total. The Hall–Kier alpha value is -0.180. The molecule has 2 bridgehead atoms. The third-order valence-electron chi connectivity index (χ3n) is 5.20. The van der Waals surface area contributed by atoms with Crippen molar-refractivity contribution in [2.45, 2.75) is 44.7 Å². The van der Waals surface area contributed by atoms with Gasteiger partial charge in [0.2, 0.25) is 0 Å². The zero-order valence-corrected chi connectivity index (χ0v) is 10.7. The maximum absolute atomic E-state index is 4.98. The third kappa shape index (κ3) is 1.30. The van der Waals surface area contributed by atoms with Gasteiger partial charge in [0.1, 0.15) is 0 Å². The lowest BCUT2D eigenvalue weighted by atomic mass is 10.0. The van der Waals surface area contributed by atoms with E-state index in [9.17, 15) is 0 Å². The summed E-state index contributed by atoms with van der Waals surface area (Å²) in [5.41, 5.74) is 0. The smallest absolute Gasteiger partial charge is 0.157 e. The van der Waals surface area contributed by atoms with Crippen molar-refractivity contribution in [1.82, 2.24) is 5.32 Å². The minimum absolute atomic E-state index is 0.680. The van der Waals surface area contributed by atoms with Crippen LogP contribution >= 0.6 is 11.8 Å². The standard InChI is InChI=1S/C13H20N2S/c1-2-9-6-16-13(14-9)15-12-10-7-3-4-8(5-7)11(10)12/h7-12H,2-6H2,1H3,(H,14,15). The van der Waals surface area contributed by atoms with E-state index in [2.05, 4.69) is 12.2 Å². The Labute approximate surface area is 102 Å². The molecule has 4 fully saturated rings. The van der Waals surface area contributed by atoms with Gasteiger partial charge in [-0.3, -0.25) is 4.99 Å². The summed E-state index contributed by atoms with van der Waals surface area (Å²) in [5.74, 6) is 5.32. The predicted octanol–water partition coefficient (Wildman–Crippen LogP) is 2.50. The van der Waals surface area contributed by atoms with Crippen LogP contribution in [-0.2, 0) is 0 Å². The second-order valence-electron chi connectivity index (χ2n) is 5.97. The summed E-state index contributed by atoms with van der Waals surface area (Å²) in [7, 11) is 0. The molecule has 3 saturated carbocycles. The predicted molar refractivity (Wildman–Crippen MR) is 68.7 cm³/mol. The van der Waals surface area contributed by atoms with E-state index in [1.807, 2.05) is 11.8 Å². The van der Waals surface area contributed by atoms with Crippen LogP contribution < -0.4 is 5.32 Å². The summed E-state index contributed by atoms with van der Waals surface area (Å²) in [5, 5.41) is 4.82. The fraction of sp³-hybridized carbons (Fsp3) is 0.923. The first kappa shape index (κ1) is 9.81. The largest absolute Gasteiger partial charge is 0.361 e. The summed E-state index contributed by atoms with van der Waals surface area (Å²) >= 11 is 1.94. The molecule has 0 aromatic carbocycles. The Kier molecular flexibility index (Phi) is 2.09. The molecular weight excluding hydrogens is 216 g/mol. The van der Waals surface area contributed by atoms with Crippen molar-refractivity contribution < 1.29 is 0 Å². The molecule has 1 N–H and O–H groups in total. The number of thioether (sulfide) groups is 1. The summed E-state index contributed by atoms with van der Waals surface area (Å²) in [6.07, 6.45) is 5.78. The number of aliphatic imine (C=N–C) groups is 1. The van der Waals surface area contributed by atoms with Crippen LogP contribution in [0.15, 0.2) is 4.99 Å². The SMILES string of the molecule is CCC1CSC(=NC2C3C4CCC(C4)C23)N1. The van der Waals surface area contributed by atoms with E-state index in [0.717, 1.165) is 29.7 Å². The number of rotatable bonds is 2. The van der Waals surface area contributed by atoms with Crippen molar-refractivity contribution in [3.63, 3.8) is 0 Å². The van der Waals surface area contributed by atoms with Gasteiger partial charge < -0.3 is 5.32 Å². The Morgan fingerprint density at radius 2 is 2.06 bits per heavy atom. The molecule has 4 aliphatic rings. The lowest BCUT2D eigenvalue weighted by Crippen LogP contribution is -2.26. The molecular formula is C13H20N2S. The monoisotopic (exact) mass is 236 g/mol. The van der Waals surface area contributed by atoms with E-state index in [-0.39, 0.29) is 0 Å². The van der Waals surface area contributed by atoms with Crippen LogP contribution in [0.4, 0.5) is 0 Å². The van der Waals surface area contributed by atoms with Gasteiger partial charge in [0.25, 0.3) is 0 Å². The molecule has 3 heteroatoms. The highest BCUT2D eigenvalue weighted by molar-refractivity contribution is 8.14. The van der Waals surface area contributed by atoms with Gasteiger partial charge in [-0.25, -0.2) is 0 Å². The van der Waals surface area contributed by atoms with Gasteiger partial charge >= 0.3 is 0 Å². The van der Waals surface area contributed by atoms with Crippen molar-refractivity contribution in [3.05, 3.63) is 0 Å². The quantitative estimate of drug-likeness (QED) is 0.796. The minimum atomic E-state index is 0.680. The van der Waals surface area contributed by atoms with Crippen LogP contribution in [0.1, 0.15) is 32.6 Å². The molecule has 5 atom stereocenters. The van der Waals surface area contributed by atoms with Crippen molar-refractivity contribution >= 4 is 16.9 Å². The normalized spacial score (nSPS) is 55.4.